The maximum Gasteiger partial charge on any atom is 0.287 e. The van der Waals surface area contributed by atoms with Crippen molar-refractivity contribution in [1.29, 1.82) is 0 Å². The molecule has 1 aromatic carbocycles. The van der Waals surface area contributed by atoms with Gasteiger partial charge in [0.1, 0.15) is 0 Å². The molecule has 1 atom stereocenters. The Morgan fingerprint density at radius 1 is 1.12 bits per heavy atom. The van der Waals surface area contributed by atoms with Crippen molar-refractivity contribution in [2.45, 2.75) is 25.8 Å². The first-order valence-electron chi connectivity index (χ1n) is 7.97. The maximum absolute atomic E-state index is 11.9. The van der Waals surface area contributed by atoms with Gasteiger partial charge in [0.15, 0.2) is 5.76 Å². The van der Waals surface area contributed by atoms with E-state index < -0.39 is 0 Å². The van der Waals surface area contributed by atoms with Gasteiger partial charge in [-0.1, -0.05) is 30.3 Å². The van der Waals surface area contributed by atoms with E-state index in [1.165, 1.54) is 6.26 Å². The molecule has 2 amide bonds. The molecule has 0 radical (unpaired) electrons. The van der Waals surface area contributed by atoms with Crippen molar-refractivity contribution >= 4 is 24.2 Å². The van der Waals surface area contributed by atoms with Gasteiger partial charge in [-0.2, -0.15) is 0 Å². The zero-order valence-corrected chi connectivity index (χ0v) is 15.0. The maximum atomic E-state index is 11.9. The largest absolute Gasteiger partial charge is 0.459 e. The second kappa shape index (κ2) is 10.5. The molecule has 0 saturated carbocycles. The van der Waals surface area contributed by atoms with Crippen molar-refractivity contribution in [2.24, 2.45) is 5.73 Å². The quantitative estimate of drug-likeness (QED) is 0.625. The van der Waals surface area contributed by atoms with E-state index in [9.17, 15) is 9.59 Å². The minimum Gasteiger partial charge on any atom is -0.459 e. The van der Waals surface area contributed by atoms with Crippen LogP contribution in [-0.2, 0) is 4.79 Å². The lowest BCUT2D eigenvalue weighted by atomic mass is 10.0. The lowest BCUT2D eigenvalue weighted by molar-refractivity contribution is -0.121. The number of benzene rings is 1. The van der Waals surface area contributed by atoms with Crippen LogP contribution in [0.3, 0.4) is 0 Å². The fourth-order valence-corrected chi connectivity index (χ4v) is 2.29. The Balaban J connectivity index is 0.00000312. The number of furan rings is 1. The summed E-state index contributed by atoms with van der Waals surface area (Å²) >= 11 is 0. The number of hydrogen-bond acceptors (Lipinski definition) is 4. The molecule has 1 aromatic heterocycles. The Bertz CT molecular complexity index is 673. The van der Waals surface area contributed by atoms with Crippen LogP contribution >= 0.6 is 12.4 Å². The molecule has 1 unspecified atom stereocenters. The standard InChI is InChI=1S/C18H23N3O3.ClH/c1-13-8-11-24-17(13)18(23)21-10-5-9-20-16(22)12-15(19)14-6-3-2-4-7-14;/h2-4,6-8,11,15H,5,9-10,12,19H2,1H3,(H,20,22)(H,21,23);1H. The van der Waals surface area contributed by atoms with Crippen molar-refractivity contribution in [3.05, 3.63) is 59.5 Å². The third-order valence-corrected chi connectivity index (χ3v) is 3.66. The van der Waals surface area contributed by atoms with E-state index in [1.54, 1.807) is 6.07 Å². The number of aryl methyl sites for hydroxylation is 1. The first-order chi connectivity index (χ1) is 11.6. The van der Waals surface area contributed by atoms with Crippen molar-refractivity contribution in [3.63, 3.8) is 0 Å². The third-order valence-electron chi connectivity index (χ3n) is 3.66. The summed E-state index contributed by atoms with van der Waals surface area (Å²) in [5, 5.41) is 5.57. The summed E-state index contributed by atoms with van der Waals surface area (Å²) in [6, 6.07) is 11.0. The Hall–Kier alpha value is -2.31. The van der Waals surface area contributed by atoms with Gasteiger partial charge in [-0.25, -0.2) is 0 Å². The normalized spacial score (nSPS) is 11.3. The summed E-state index contributed by atoms with van der Waals surface area (Å²) < 4.78 is 5.11. The molecular weight excluding hydrogens is 342 g/mol. The molecule has 0 aliphatic heterocycles. The number of nitrogens with two attached hydrogens (primary N) is 1. The molecule has 0 saturated heterocycles. The van der Waals surface area contributed by atoms with E-state index in [-0.39, 0.29) is 36.7 Å². The van der Waals surface area contributed by atoms with Gasteiger partial charge in [0.05, 0.1) is 6.26 Å². The molecule has 2 rings (SSSR count). The van der Waals surface area contributed by atoms with Crippen LogP contribution in [0.2, 0.25) is 0 Å². The van der Waals surface area contributed by atoms with E-state index in [2.05, 4.69) is 10.6 Å². The minimum absolute atomic E-state index is 0. The fourth-order valence-electron chi connectivity index (χ4n) is 2.29. The van der Waals surface area contributed by atoms with E-state index in [0.29, 0.717) is 25.3 Å². The summed E-state index contributed by atoms with van der Waals surface area (Å²) in [6.45, 7) is 2.76. The molecular formula is C18H24ClN3O3. The first kappa shape index (κ1) is 20.7. The Kier molecular flexibility index (Phi) is 8.74. The summed E-state index contributed by atoms with van der Waals surface area (Å²) in [7, 11) is 0. The SMILES string of the molecule is Cc1ccoc1C(=O)NCCCNC(=O)CC(N)c1ccccc1.Cl. The Labute approximate surface area is 153 Å². The number of carbonyl (C=O) groups is 2. The van der Waals surface area contributed by atoms with E-state index >= 15 is 0 Å². The average molecular weight is 366 g/mol. The molecule has 1 heterocycles. The predicted octanol–water partition coefficient (Wildman–Crippen LogP) is 2.34. The fraction of sp³-hybridized carbons (Fsp3) is 0.333. The summed E-state index contributed by atoms with van der Waals surface area (Å²) in [5.74, 6) is -0.0117. The van der Waals surface area contributed by atoms with Crippen molar-refractivity contribution < 1.29 is 14.0 Å². The number of halogens is 1. The van der Waals surface area contributed by atoms with Crippen LogP contribution in [0.5, 0.6) is 0 Å². The van der Waals surface area contributed by atoms with Crippen LogP contribution in [0.4, 0.5) is 0 Å². The molecule has 2 aromatic rings. The molecule has 25 heavy (non-hydrogen) atoms. The van der Waals surface area contributed by atoms with Gasteiger partial charge in [0, 0.05) is 31.1 Å². The lowest BCUT2D eigenvalue weighted by Crippen LogP contribution is -2.31. The van der Waals surface area contributed by atoms with Gasteiger partial charge < -0.3 is 20.8 Å². The summed E-state index contributed by atoms with van der Waals surface area (Å²) in [4.78, 5) is 23.7. The van der Waals surface area contributed by atoms with E-state index in [1.807, 2.05) is 37.3 Å². The highest BCUT2D eigenvalue weighted by atomic mass is 35.5. The highest BCUT2D eigenvalue weighted by Crippen LogP contribution is 2.12. The summed E-state index contributed by atoms with van der Waals surface area (Å²) in [5.41, 5.74) is 7.75. The van der Waals surface area contributed by atoms with Crippen LogP contribution in [0.25, 0.3) is 0 Å². The molecule has 136 valence electrons. The van der Waals surface area contributed by atoms with Crippen LogP contribution in [0, 0.1) is 6.92 Å². The topological polar surface area (TPSA) is 97.4 Å². The van der Waals surface area contributed by atoms with Gasteiger partial charge in [-0.3, -0.25) is 9.59 Å². The van der Waals surface area contributed by atoms with Gasteiger partial charge in [0.2, 0.25) is 5.91 Å². The Morgan fingerprint density at radius 3 is 2.44 bits per heavy atom. The highest BCUT2D eigenvalue weighted by molar-refractivity contribution is 5.92. The van der Waals surface area contributed by atoms with Crippen LogP contribution < -0.4 is 16.4 Å². The number of nitrogens with one attached hydrogen (secondary N) is 2. The molecule has 6 nitrogen and oxygen atoms in total. The molecule has 0 aliphatic rings. The molecule has 0 fully saturated rings. The monoisotopic (exact) mass is 365 g/mol. The number of amides is 2. The summed E-state index contributed by atoms with van der Waals surface area (Å²) in [6.07, 6.45) is 2.36. The van der Waals surface area contributed by atoms with Gasteiger partial charge in [-0.05, 0) is 25.0 Å². The van der Waals surface area contributed by atoms with Gasteiger partial charge in [0.25, 0.3) is 5.91 Å². The number of rotatable bonds is 8. The third kappa shape index (κ3) is 6.60. The average Bonchev–Trinajstić information content (AvgIpc) is 3.01. The van der Waals surface area contributed by atoms with Crippen LogP contribution in [0.1, 0.15) is 40.6 Å². The second-order valence-electron chi connectivity index (χ2n) is 5.61. The second-order valence-corrected chi connectivity index (χ2v) is 5.61. The van der Waals surface area contributed by atoms with Gasteiger partial charge >= 0.3 is 0 Å². The number of hydrogen-bond donors (Lipinski definition) is 3. The van der Waals surface area contributed by atoms with Crippen LogP contribution in [0.15, 0.2) is 47.1 Å². The van der Waals surface area contributed by atoms with Crippen molar-refractivity contribution in [3.8, 4) is 0 Å². The van der Waals surface area contributed by atoms with Crippen LogP contribution in [-0.4, -0.2) is 24.9 Å². The molecule has 0 bridgehead atoms. The molecule has 0 aliphatic carbocycles. The van der Waals surface area contributed by atoms with Gasteiger partial charge in [-0.15, -0.1) is 12.4 Å². The molecule has 7 heteroatoms. The highest BCUT2D eigenvalue weighted by Gasteiger charge is 2.12. The predicted molar refractivity (Wildman–Crippen MR) is 98.6 cm³/mol. The minimum atomic E-state index is -0.312. The lowest BCUT2D eigenvalue weighted by Gasteiger charge is -2.12. The zero-order chi connectivity index (χ0) is 17.4. The van der Waals surface area contributed by atoms with E-state index in [0.717, 1.165) is 11.1 Å². The van der Waals surface area contributed by atoms with Crippen molar-refractivity contribution in [1.82, 2.24) is 10.6 Å². The zero-order valence-electron chi connectivity index (χ0n) is 14.2. The van der Waals surface area contributed by atoms with E-state index in [4.69, 9.17) is 10.2 Å². The Morgan fingerprint density at radius 2 is 1.80 bits per heavy atom. The van der Waals surface area contributed by atoms with Crippen molar-refractivity contribution in [2.75, 3.05) is 13.1 Å². The molecule has 0 spiro atoms. The molecule has 4 N–H and O–H groups in total. The smallest absolute Gasteiger partial charge is 0.287 e. The number of carbonyl (C=O) groups excluding carboxylic acids is 2. The first-order valence-corrected chi connectivity index (χ1v) is 7.97.